The lowest BCUT2D eigenvalue weighted by Gasteiger charge is -2.11. The third-order valence-electron chi connectivity index (χ3n) is 2.72. The number of anilines is 1. The van der Waals surface area contributed by atoms with Crippen molar-refractivity contribution in [3.8, 4) is 11.9 Å². The molecule has 0 spiro atoms. The number of nitrogens with one attached hydrogen (secondary N) is 1. The van der Waals surface area contributed by atoms with Crippen LogP contribution >= 0.6 is 0 Å². The number of aryl methyl sites for hydroxylation is 1. The molecule has 5 nitrogen and oxygen atoms in total. The monoisotopic (exact) mass is 282 g/mol. The van der Waals surface area contributed by atoms with Crippen LogP contribution < -0.4 is 10.1 Å². The molecule has 108 valence electrons. The Kier molecular flexibility index (Phi) is 4.72. The SMILES string of the molecule is Cc1cc(OC(C)C)nc(NCc2ccc(C#N)cc2)n1. The molecule has 5 heteroatoms. The Bertz CT molecular complexity index is 644. The minimum absolute atomic E-state index is 0.0747. The van der Waals surface area contributed by atoms with Gasteiger partial charge in [0.15, 0.2) is 0 Å². The Balaban J connectivity index is 2.05. The van der Waals surface area contributed by atoms with Gasteiger partial charge in [-0.2, -0.15) is 10.2 Å². The molecule has 0 atom stereocenters. The van der Waals surface area contributed by atoms with Gasteiger partial charge in [-0.3, -0.25) is 0 Å². The Labute approximate surface area is 124 Å². The molecule has 2 rings (SSSR count). The third kappa shape index (κ3) is 4.46. The number of rotatable bonds is 5. The van der Waals surface area contributed by atoms with E-state index in [-0.39, 0.29) is 6.10 Å². The smallest absolute Gasteiger partial charge is 0.226 e. The fourth-order valence-corrected chi connectivity index (χ4v) is 1.80. The number of benzene rings is 1. The van der Waals surface area contributed by atoms with E-state index in [1.54, 1.807) is 12.1 Å². The second-order valence-corrected chi connectivity index (χ2v) is 5.00. The molecule has 0 fully saturated rings. The van der Waals surface area contributed by atoms with Crippen LogP contribution in [0.2, 0.25) is 0 Å². The quantitative estimate of drug-likeness (QED) is 0.912. The molecule has 0 aliphatic rings. The van der Waals surface area contributed by atoms with Gasteiger partial charge in [0.2, 0.25) is 11.8 Å². The zero-order valence-corrected chi connectivity index (χ0v) is 12.4. The number of aromatic nitrogens is 2. The largest absolute Gasteiger partial charge is 0.475 e. The number of nitrogens with zero attached hydrogens (tertiary/aromatic N) is 3. The van der Waals surface area contributed by atoms with Gasteiger partial charge >= 0.3 is 0 Å². The van der Waals surface area contributed by atoms with Crippen molar-refractivity contribution >= 4 is 5.95 Å². The fraction of sp³-hybridized carbons (Fsp3) is 0.312. The summed E-state index contributed by atoms with van der Waals surface area (Å²) in [6.07, 6.45) is 0.0747. The first-order valence-corrected chi connectivity index (χ1v) is 6.82. The summed E-state index contributed by atoms with van der Waals surface area (Å²) in [4.78, 5) is 8.66. The van der Waals surface area contributed by atoms with Gasteiger partial charge in [0.05, 0.1) is 17.7 Å². The lowest BCUT2D eigenvalue weighted by molar-refractivity contribution is 0.232. The first-order chi connectivity index (χ1) is 10.1. The summed E-state index contributed by atoms with van der Waals surface area (Å²) in [6, 6.07) is 11.3. The van der Waals surface area contributed by atoms with Crippen LogP contribution in [0.1, 0.15) is 30.7 Å². The van der Waals surface area contributed by atoms with E-state index in [9.17, 15) is 0 Å². The molecule has 0 unspecified atom stereocenters. The number of hydrogen-bond acceptors (Lipinski definition) is 5. The molecular formula is C16H18N4O. The van der Waals surface area contributed by atoms with Gasteiger partial charge in [-0.15, -0.1) is 0 Å². The Morgan fingerprint density at radius 3 is 2.57 bits per heavy atom. The predicted molar refractivity (Wildman–Crippen MR) is 81.0 cm³/mol. The molecule has 0 aliphatic heterocycles. The zero-order valence-electron chi connectivity index (χ0n) is 12.4. The highest BCUT2D eigenvalue weighted by Crippen LogP contribution is 2.14. The number of nitriles is 1. The van der Waals surface area contributed by atoms with Crippen molar-refractivity contribution in [3.63, 3.8) is 0 Å². The van der Waals surface area contributed by atoms with E-state index >= 15 is 0 Å². The van der Waals surface area contributed by atoms with Crippen LogP contribution in [0.25, 0.3) is 0 Å². The lowest BCUT2D eigenvalue weighted by Crippen LogP contribution is -2.10. The van der Waals surface area contributed by atoms with Crippen molar-refractivity contribution in [1.29, 1.82) is 5.26 Å². The molecule has 0 amide bonds. The molecule has 2 aromatic rings. The third-order valence-corrected chi connectivity index (χ3v) is 2.72. The Morgan fingerprint density at radius 2 is 1.95 bits per heavy atom. The summed E-state index contributed by atoms with van der Waals surface area (Å²) in [5.74, 6) is 1.11. The number of ether oxygens (including phenoxy) is 1. The molecule has 0 aliphatic carbocycles. The van der Waals surface area contributed by atoms with Gasteiger partial charge < -0.3 is 10.1 Å². The van der Waals surface area contributed by atoms with Crippen LogP contribution in [0.3, 0.4) is 0 Å². The van der Waals surface area contributed by atoms with Crippen molar-refractivity contribution in [2.24, 2.45) is 0 Å². The minimum Gasteiger partial charge on any atom is -0.475 e. The average molecular weight is 282 g/mol. The molecule has 1 N–H and O–H groups in total. The first-order valence-electron chi connectivity index (χ1n) is 6.82. The van der Waals surface area contributed by atoms with Gasteiger partial charge in [-0.25, -0.2) is 4.98 Å². The summed E-state index contributed by atoms with van der Waals surface area (Å²) < 4.78 is 5.59. The van der Waals surface area contributed by atoms with Crippen molar-refractivity contribution < 1.29 is 4.74 Å². The molecule has 0 radical (unpaired) electrons. The predicted octanol–water partition coefficient (Wildman–Crippen LogP) is 3.06. The van der Waals surface area contributed by atoms with E-state index in [2.05, 4.69) is 21.4 Å². The minimum atomic E-state index is 0.0747. The van der Waals surface area contributed by atoms with Crippen LogP contribution in [0, 0.1) is 18.3 Å². The van der Waals surface area contributed by atoms with E-state index in [1.807, 2.05) is 39.0 Å². The van der Waals surface area contributed by atoms with Gasteiger partial charge in [0.1, 0.15) is 0 Å². The van der Waals surface area contributed by atoms with Gasteiger partial charge in [0.25, 0.3) is 0 Å². The molecule has 0 saturated carbocycles. The molecule has 1 heterocycles. The topological polar surface area (TPSA) is 70.8 Å². The Morgan fingerprint density at radius 1 is 1.24 bits per heavy atom. The van der Waals surface area contributed by atoms with Gasteiger partial charge in [-0.05, 0) is 38.5 Å². The Hall–Kier alpha value is -2.61. The molecule has 0 saturated heterocycles. The fourth-order valence-electron chi connectivity index (χ4n) is 1.80. The van der Waals surface area contributed by atoms with E-state index in [0.29, 0.717) is 23.9 Å². The maximum Gasteiger partial charge on any atom is 0.226 e. The van der Waals surface area contributed by atoms with E-state index in [1.165, 1.54) is 0 Å². The number of hydrogen-bond donors (Lipinski definition) is 1. The van der Waals surface area contributed by atoms with Crippen molar-refractivity contribution in [2.45, 2.75) is 33.4 Å². The zero-order chi connectivity index (χ0) is 15.2. The van der Waals surface area contributed by atoms with Crippen LogP contribution in [-0.4, -0.2) is 16.1 Å². The van der Waals surface area contributed by atoms with Crippen molar-refractivity contribution in [2.75, 3.05) is 5.32 Å². The highest BCUT2D eigenvalue weighted by molar-refractivity contribution is 5.35. The van der Waals surface area contributed by atoms with E-state index in [0.717, 1.165) is 11.3 Å². The first kappa shape index (κ1) is 14.8. The lowest BCUT2D eigenvalue weighted by atomic mass is 10.1. The molecule has 1 aromatic heterocycles. The van der Waals surface area contributed by atoms with Crippen LogP contribution in [-0.2, 0) is 6.54 Å². The molecule has 21 heavy (non-hydrogen) atoms. The second kappa shape index (κ2) is 6.71. The molecule has 0 bridgehead atoms. The average Bonchev–Trinajstić information content (AvgIpc) is 2.44. The van der Waals surface area contributed by atoms with Crippen LogP contribution in [0.5, 0.6) is 5.88 Å². The summed E-state index contributed by atoms with van der Waals surface area (Å²) in [5, 5.41) is 11.9. The summed E-state index contributed by atoms with van der Waals surface area (Å²) in [5.41, 5.74) is 2.56. The van der Waals surface area contributed by atoms with Gasteiger partial charge in [-0.1, -0.05) is 12.1 Å². The maximum atomic E-state index is 8.77. The van der Waals surface area contributed by atoms with Crippen molar-refractivity contribution in [3.05, 3.63) is 47.2 Å². The van der Waals surface area contributed by atoms with Crippen LogP contribution in [0.15, 0.2) is 30.3 Å². The van der Waals surface area contributed by atoms with Crippen molar-refractivity contribution in [1.82, 2.24) is 9.97 Å². The van der Waals surface area contributed by atoms with Crippen LogP contribution in [0.4, 0.5) is 5.95 Å². The summed E-state index contributed by atoms with van der Waals surface area (Å²) >= 11 is 0. The maximum absolute atomic E-state index is 8.77. The summed E-state index contributed by atoms with van der Waals surface area (Å²) in [7, 11) is 0. The standard InChI is InChI=1S/C16H18N4O/c1-11(2)21-15-8-12(3)19-16(20-15)18-10-14-6-4-13(9-17)5-7-14/h4-8,11H,10H2,1-3H3,(H,18,19,20). The second-order valence-electron chi connectivity index (χ2n) is 5.00. The normalized spacial score (nSPS) is 10.2. The van der Waals surface area contributed by atoms with E-state index in [4.69, 9.17) is 10.00 Å². The molecule has 1 aromatic carbocycles. The molecular weight excluding hydrogens is 264 g/mol. The highest BCUT2D eigenvalue weighted by Gasteiger charge is 2.05. The van der Waals surface area contributed by atoms with E-state index < -0.39 is 0 Å². The van der Waals surface area contributed by atoms with Gasteiger partial charge in [0, 0.05) is 18.3 Å². The highest BCUT2D eigenvalue weighted by atomic mass is 16.5. The summed E-state index contributed by atoms with van der Waals surface area (Å²) in [6.45, 7) is 6.42.